The van der Waals surface area contributed by atoms with Crippen molar-refractivity contribution in [3.05, 3.63) is 0 Å². The minimum atomic E-state index is 0.216. The summed E-state index contributed by atoms with van der Waals surface area (Å²) >= 11 is 0. The molecule has 14 heavy (non-hydrogen) atoms. The molecule has 3 heteroatoms. The van der Waals surface area contributed by atoms with Gasteiger partial charge in [-0.3, -0.25) is 0 Å². The molecule has 1 unspecified atom stereocenters. The maximum atomic E-state index is 5.74. The summed E-state index contributed by atoms with van der Waals surface area (Å²) in [5.74, 6) is 0. The molecule has 1 fully saturated rings. The van der Waals surface area contributed by atoms with E-state index in [1.54, 1.807) is 0 Å². The summed E-state index contributed by atoms with van der Waals surface area (Å²) in [4.78, 5) is 0. The van der Waals surface area contributed by atoms with Gasteiger partial charge in [-0.15, -0.1) is 0 Å². The van der Waals surface area contributed by atoms with Gasteiger partial charge in [-0.25, -0.2) is 0 Å². The molecule has 1 rings (SSSR count). The van der Waals surface area contributed by atoms with Crippen molar-refractivity contribution in [2.24, 2.45) is 0 Å². The zero-order valence-corrected chi connectivity index (χ0v) is 9.80. The Kier molecular flexibility index (Phi) is 4.35. The first-order chi connectivity index (χ1) is 6.53. The lowest BCUT2D eigenvalue weighted by atomic mass is 10.0. The molecular weight excluding hydrogens is 178 g/mol. The van der Waals surface area contributed by atoms with Gasteiger partial charge >= 0.3 is 0 Å². The molecule has 0 aromatic rings. The normalized spacial score (nSPS) is 20.6. The Morgan fingerprint density at radius 1 is 1.50 bits per heavy atom. The Morgan fingerprint density at radius 3 is 2.57 bits per heavy atom. The third-order valence-electron chi connectivity index (χ3n) is 2.78. The molecule has 1 saturated heterocycles. The molecule has 0 saturated carbocycles. The fourth-order valence-corrected chi connectivity index (χ4v) is 1.21. The van der Waals surface area contributed by atoms with Gasteiger partial charge in [0.25, 0.3) is 0 Å². The van der Waals surface area contributed by atoms with Gasteiger partial charge in [0.1, 0.15) is 6.10 Å². The van der Waals surface area contributed by atoms with Crippen LogP contribution in [0, 0.1) is 0 Å². The van der Waals surface area contributed by atoms with Gasteiger partial charge in [0.15, 0.2) is 0 Å². The second kappa shape index (κ2) is 5.10. The van der Waals surface area contributed by atoms with Gasteiger partial charge in [-0.1, -0.05) is 6.92 Å². The van der Waals surface area contributed by atoms with Crippen molar-refractivity contribution in [1.29, 1.82) is 0 Å². The van der Waals surface area contributed by atoms with Crippen LogP contribution in [0.5, 0.6) is 0 Å². The highest BCUT2D eigenvalue weighted by Crippen LogP contribution is 2.10. The van der Waals surface area contributed by atoms with E-state index in [-0.39, 0.29) is 11.6 Å². The monoisotopic (exact) mass is 201 g/mol. The topological polar surface area (TPSA) is 30.5 Å². The zero-order chi connectivity index (χ0) is 10.6. The van der Waals surface area contributed by atoms with Crippen molar-refractivity contribution in [2.75, 3.05) is 19.8 Å². The Labute approximate surface area is 87.2 Å². The van der Waals surface area contributed by atoms with Crippen LogP contribution in [-0.4, -0.2) is 37.5 Å². The summed E-state index contributed by atoms with van der Waals surface area (Å²) in [7, 11) is 0. The maximum Gasteiger partial charge on any atom is 0.104 e. The van der Waals surface area contributed by atoms with E-state index in [0.29, 0.717) is 6.10 Å². The maximum absolute atomic E-state index is 5.74. The summed E-state index contributed by atoms with van der Waals surface area (Å²) in [6, 6.07) is 0. The van der Waals surface area contributed by atoms with Crippen molar-refractivity contribution in [3.8, 4) is 0 Å². The van der Waals surface area contributed by atoms with E-state index in [4.69, 9.17) is 9.47 Å². The zero-order valence-electron chi connectivity index (χ0n) is 9.80. The Morgan fingerprint density at radius 2 is 2.14 bits per heavy atom. The summed E-state index contributed by atoms with van der Waals surface area (Å²) in [6.07, 6.45) is 1.73. The summed E-state index contributed by atoms with van der Waals surface area (Å²) in [6.45, 7) is 11.2. The van der Waals surface area contributed by atoms with Crippen molar-refractivity contribution < 1.29 is 9.47 Å². The van der Waals surface area contributed by atoms with Crippen LogP contribution in [0.3, 0.4) is 0 Å². The Bertz CT molecular complexity index is 167. The minimum absolute atomic E-state index is 0.216. The average Bonchev–Trinajstić information content (AvgIpc) is 2.08. The third kappa shape index (κ3) is 3.95. The van der Waals surface area contributed by atoms with Crippen LogP contribution in [0.15, 0.2) is 0 Å². The molecule has 0 radical (unpaired) electrons. The molecule has 0 aromatic heterocycles. The average molecular weight is 201 g/mol. The van der Waals surface area contributed by atoms with E-state index < -0.39 is 0 Å². The van der Waals surface area contributed by atoms with Gasteiger partial charge in [0.05, 0.1) is 19.3 Å². The summed E-state index contributed by atoms with van der Waals surface area (Å²) in [5.41, 5.74) is 0.216. The van der Waals surface area contributed by atoms with Gasteiger partial charge in [-0.05, 0) is 27.2 Å². The van der Waals surface area contributed by atoms with Crippen LogP contribution in [-0.2, 0) is 9.47 Å². The highest BCUT2D eigenvalue weighted by atomic mass is 16.6. The van der Waals surface area contributed by atoms with Crippen LogP contribution in [0.4, 0.5) is 0 Å². The van der Waals surface area contributed by atoms with Gasteiger partial charge in [-0.2, -0.15) is 0 Å². The molecule has 84 valence electrons. The molecule has 0 aliphatic carbocycles. The molecular formula is C11H23NO2. The smallest absolute Gasteiger partial charge is 0.104 e. The number of nitrogens with one attached hydrogen (secondary N) is 1. The van der Waals surface area contributed by atoms with E-state index in [1.165, 1.54) is 0 Å². The van der Waals surface area contributed by atoms with E-state index in [2.05, 4.69) is 33.0 Å². The highest BCUT2D eigenvalue weighted by Gasteiger charge is 2.22. The number of ether oxygens (including phenoxy) is 2. The number of hydrogen-bond acceptors (Lipinski definition) is 3. The lowest BCUT2D eigenvalue weighted by molar-refractivity contribution is -0.150. The Balaban J connectivity index is 2.10. The van der Waals surface area contributed by atoms with Crippen LogP contribution in [0.2, 0.25) is 0 Å². The number of hydrogen-bond donors (Lipinski definition) is 1. The van der Waals surface area contributed by atoms with Crippen LogP contribution in [0.25, 0.3) is 0 Å². The molecule has 0 spiro atoms. The minimum Gasteiger partial charge on any atom is -0.376 e. The van der Waals surface area contributed by atoms with E-state index in [0.717, 1.165) is 26.2 Å². The van der Waals surface area contributed by atoms with Crippen molar-refractivity contribution in [1.82, 2.24) is 5.32 Å². The largest absolute Gasteiger partial charge is 0.376 e. The van der Waals surface area contributed by atoms with Crippen molar-refractivity contribution >= 4 is 0 Å². The lowest BCUT2D eigenvalue weighted by Crippen LogP contribution is -2.46. The second-order valence-corrected chi connectivity index (χ2v) is 4.72. The van der Waals surface area contributed by atoms with Crippen LogP contribution in [0.1, 0.15) is 34.1 Å². The first-order valence-corrected chi connectivity index (χ1v) is 5.52. The van der Waals surface area contributed by atoms with Crippen LogP contribution < -0.4 is 5.32 Å². The molecule has 0 aromatic carbocycles. The van der Waals surface area contributed by atoms with Crippen molar-refractivity contribution in [3.63, 3.8) is 0 Å². The molecule has 1 aliphatic rings. The molecule has 3 nitrogen and oxygen atoms in total. The molecule has 0 amide bonds. The predicted octanol–water partition coefficient (Wildman–Crippen LogP) is 1.57. The Hall–Kier alpha value is -0.120. The van der Waals surface area contributed by atoms with Gasteiger partial charge in [0, 0.05) is 12.1 Å². The molecule has 0 bridgehead atoms. The molecule has 1 aliphatic heterocycles. The predicted molar refractivity (Wildman–Crippen MR) is 57.5 cm³/mol. The van der Waals surface area contributed by atoms with Gasteiger partial charge < -0.3 is 14.8 Å². The first kappa shape index (κ1) is 12.0. The summed E-state index contributed by atoms with van der Waals surface area (Å²) < 4.78 is 10.8. The quantitative estimate of drug-likeness (QED) is 0.707. The second-order valence-electron chi connectivity index (χ2n) is 4.72. The standard InChI is InChI=1S/C11H23NO2/c1-5-11(3,4)12-6-9(2)14-10-7-13-8-10/h9-10,12H,5-8H2,1-4H3. The first-order valence-electron chi connectivity index (χ1n) is 5.52. The highest BCUT2D eigenvalue weighted by molar-refractivity contribution is 4.77. The fourth-order valence-electron chi connectivity index (χ4n) is 1.21. The summed E-state index contributed by atoms with van der Waals surface area (Å²) in [5, 5.41) is 3.50. The van der Waals surface area contributed by atoms with Crippen LogP contribution >= 0.6 is 0 Å². The van der Waals surface area contributed by atoms with E-state index >= 15 is 0 Å². The van der Waals surface area contributed by atoms with Gasteiger partial charge in [0.2, 0.25) is 0 Å². The van der Waals surface area contributed by atoms with Crippen molar-refractivity contribution in [2.45, 2.75) is 51.9 Å². The lowest BCUT2D eigenvalue weighted by Gasteiger charge is -2.31. The SMILES string of the molecule is CCC(C)(C)NCC(C)OC1COC1. The molecule has 1 atom stereocenters. The number of rotatable bonds is 6. The fraction of sp³-hybridized carbons (Fsp3) is 1.00. The molecule has 1 N–H and O–H groups in total. The molecule has 1 heterocycles. The van der Waals surface area contributed by atoms with E-state index in [9.17, 15) is 0 Å². The van der Waals surface area contributed by atoms with E-state index in [1.807, 2.05) is 0 Å². The third-order valence-corrected chi connectivity index (χ3v) is 2.78.